The zero-order valence-corrected chi connectivity index (χ0v) is 19.1. The molecule has 1 N–H and O–H groups in total. The molecule has 1 aromatic carbocycles. The van der Waals surface area contributed by atoms with Gasteiger partial charge in [0, 0.05) is 45.0 Å². The molecule has 0 bridgehead atoms. The monoisotopic (exact) mass is 440 g/mol. The molecular weight excluding hydrogens is 408 g/mol. The molecule has 0 aliphatic carbocycles. The number of nitrogens with zero attached hydrogens (tertiary/aromatic N) is 3. The number of rotatable bonds is 6. The van der Waals surface area contributed by atoms with Crippen LogP contribution in [0.3, 0.4) is 0 Å². The number of hydrogen-bond donors (Lipinski definition) is 1. The van der Waals surface area contributed by atoms with Crippen LogP contribution >= 0.6 is 11.3 Å². The molecular formula is C24H32N4O2S. The number of piperazine rings is 1. The van der Waals surface area contributed by atoms with Crippen LogP contribution in [0.5, 0.6) is 0 Å². The van der Waals surface area contributed by atoms with Crippen molar-refractivity contribution in [3.63, 3.8) is 0 Å². The van der Waals surface area contributed by atoms with Crippen molar-refractivity contribution in [1.82, 2.24) is 14.7 Å². The van der Waals surface area contributed by atoms with Gasteiger partial charge >= 0.3 is 0 Å². The van der Waals surface area contributed by atoms with E-state index in [1.165, 1.54) is 16.9 Å². The molecule has 2 aliphatic heterocycles. The predicted octanol–water partition coefficient (Wildman–Crippen LogP) is 3.52. The Morgan fingerprint density at radius 3 is 2.42 bits per heavy atom. The molecule has 31 heavy (non-hydrogen) atoms. The van der Waals surface area contributed by atoms with Crippen molar-refractivity contribution in [1.29, 1.82) is 0 Å². The van der Waals surface area contributed by atoms with E-state index in [-0.39, 0.29) is 11.8 Å². The third kappa shape index (κ3) is 5.53. The maximum atomic E-state index is 13.0. The van der Waals surface area contributed by atoms with E-state index in [1.54, 1.807) is 4.90 Å². The van der Waals surface area contributed by atoms with Crippen LogP contribution in [0.4, 0.5) is 5.69 Å². The average molecular weight is 441 g/mol. The van der Waals surface area contributed by atoms with E-state index in [0.717, 1.165) is 57.8 Å². The van der Waals surface area contributed by atoms with E-state index < -0.39 is 6.04 Å². The quantitative estimate of drug-likeness (QED) is 0.747. The van der Waals surface area contributed by atoms with E-state index in [0.29, 0.717) is 17.8 Å². The Hall–Kier alpha value is -2.22. The summed E-state index contributed by atoms with van der Waals surface area (Å²) < 4.78 is 0. The number of likely N-dealkylation sites (N-methyl/N-ethyl adjacent to an activating group) is 1. The smallest absolute Gasteiger partial charge is 0.264 e. The Balaban J connectivity index is 1.34. The van der Waals surface area contributed by atoms with Crippen LogP contribution in [-0.2, 0) is 11.3 Å². The number of likely N-dealkylation sites (tertiary alicyclic amines) is 1. The molecule has 1 aromatic heterocycles. The van der Waals surface area contributed by atoms with Crippen LogP contribution in [0.25, 0.3) is 0 Å². The number of piperidine rings is 1. The largest absolute Gasteiger partial charge is 0.326 e. The second-order valence-electron chi connectivity index (χ2n) is 8.38. The number of amides is 2. The first-order valence-electron chi connectivity index (χ1n) is 11.3. The van der Waals surface area contributed by atoms with Gasteiger partial charge in [0.1, 0.15) is 6.04 Å². The fraction of sp³-hybridized carbons (Fsp3) is 0.500. The van der Waals surface area contributed by atoms with Gasteiger partial charge in [-0.25, -0.2) is 0 Å². The van der Waals surface area contributed by atoms with Crippen molar-refractivity contribution >= 4 is 28.8 Å². The second-order valence-corrected chi connectivity index (χ2v) is 9.33. The molecule has 2 fully saturated rings. The summed E-state index contributed by atoms with van der Waals surface area (Å²) in [6.07, 6.45) is 2.63. The molecule has 1 unspecified atom stereocenters. The van der Waals surface area contributed by atoms with Gasteiger partial charge in [0.05, 0.1) is 4.88 Å². The highest BCUT2D eigenvalue weighted by Gasteiger charge is 2.33. The lowest BCUT2D eigenvalue weighted by Gasteiger charge is -2.34. The minimum Gasteiger partial charge on any atom is -0.326 e. The summed E-state index contributed by atoms with van der Waals surface area (Å²) in [4.78, 5) is 33.3. The van der Waals surface area contributed by atoms with Crippen molar-refractivity contribution in [2.75, 3.05) is 44.6 Å². The van der Waals surface area contributed by atoms with E-state index in [2.05, 4.69) is 34.2 Å². The highest BCUT2D eigenvalue weighted by atomic mass is 32.1. The van der Waals surface area contributed by atoms with Crippen LogP contribution in [-0.4, -0.2) is 71.8 Å². The van der Waals surface area contributed by atoms with Crippen molar-refractivity contribution in [3.05, 3.63) is 52.2 Å². The fourth-order valence-corrected chi connectivity index (χ4v) is 5.11. The second kappa shape index (κ2) is 10.4. The molecule has 6 nitrogen and oxygen atoms in total. The van der Waals surface area contributed by atoms with Gasteiger partial charge < -0.3 is 15.1 Å². The first kappa shape index (κ1) is 22.0. The number of benzene rings is 1. The molecule has 166 valence electrons. The lowest BCUT2D eigenvalue weighted by atomic mass is 10.0. The summed E-state index contributed by atoms with van der Waals surface area (Å²) in [7, 11) is 0. The lowest BCUT2D eigenvalue weighted by molar-refractivity contribution is -0.121. The summed E-state index contributed by atoms with van der Waals surface area (Å²) in [5.41, 5.74) is 2.05. The maximum Gasteiger partial charge on any atom is 0.264 e. The van der Waals surface area contributed by atoms with E-state index >= 15 is 0 Å². The Morgan fingerprint density at radius 1 is 1.00 bits per heavy atom. The van der Waals surface area contributed by atoms with Gasteiger partial charge in [0.15, 0.2) is 0 Å². The average Bonchev–Trinajstić information content (AvgIpc) is 3.35. The summed E-state index contributed by atoms with van der Waals surface area (Å²) in [6.45, 7) is 9.38. The third-order valence-electron chi connectivity index (χ3n) is 6.34. The Kier molecular flexibility index (Phi) is 7.37. The molecule has 3 heterocycles. The highest BCUT2D eigenvalue weighted by Crippen LogP contribution is 2.23. The van der Waals surface area contributed by atoms with Gasteiger partial charge in [-0.05, 0) is 54.9 Å². The molecule has 2 saturated heterocycles. The van der Waals surface area contributed by atoms with Gasteiger partial charge in [-0.2, -0.15) is 0 Å². The zero-order valence-electron chi connectivity index (χ0n) is 18.3. The first-order valence-corrected chi connectivity index (χ1v) is 12.2. The Morgan fingerprint density at radius 2 is 1.74 bits per heavy atom. The molecule has 0 spiro atoms. The summed E-state index contributed by atoms with van der Waals surface area (Å²) in [6, 6.07) is 11.4. The van der Waals surface area contributed by atoms with Crippen molar-refractivity contribution in [2.24, 2.45) is 0 Å². The number of carbonyl (C=O) groups excluding carboxylic acids is 2. The van der Waals surface area contributed by atoms with Crippen LogP contribution in [0.1, 0.15) is 41.4 Å². The summed E-state index contributed by atoms with van der Waals surface area (Å²) in [5.74, 6) is -0.124. The van der Waals surface area contributed by atoms with E-state index in [9.17, 15) is 9.59 Å². The Labute approximate surface area is 188 Å². The SMILES string of the molecule is CCN1CCN(Cc2ccc(NC(=O)C3CCCCN3C(=O)c3cccs3)cc2)CC1. The van der Waals surface area contributed by atoms with Crippen LogP contribution in [0.15, 0.2) is 41.8 Å². The molecule has 2 amide bonds. The molecule has 7 heteroatoms. The van der Waals surface area contributed by atoms with Crippen LogP contribution in [0.2, 0.25) is 0 Å². The highest BCUT2D eigenvalue weighted by molar-refractivity contribution is 7.12. The Bertz CT molecular complexity index is 860. The standard InChI is InChI=1S/C24H32N4O2S/c1-2-26-13-15-27(16-14-26)18-19-8-10-20(11-9-19)25-23(29)21-6-3-4-12-28(21)24(30)22-7-5-17-31-22/h5,7-11,17,21H,2-4,6,12-16,18H2,1H3,(H,25,29). The lowest BCUT2D eigenvalue weighted by Crippen LogP contribution is -2.49. The van der Waals surface area contributed by atoms with Gasteiger partial charge in [-0.3, -0.25) is 14.5 Å². The van der Waals surface area contributed by atoms with Gasteiger partial charge in [0.25, 0.3) is 5.91 Å². The predicted molar refractivity (Wildman–Crippen MR) is 125 cm³/mol. The van der Waals surface area contributed by atoms with Crippen molar-refractivity contribution in [2.45, 2.75) is 38.8 Å². The normalized spacial score (nSPS) is 20.5. The topological polar surface area (TPSA) is 55.9 Å². The molecule has 2 aliphatic rings. The summed E-state index contributed by atoms with van der Waals surface area (Å²) in [5, 5.41) is 4.94. The number of anilines is 1. The molecule has 0 saturated carbocycles. The number of nitrogens with one attached hydrogen (secondary N) is 1. The van der Waals surface area contributed by atoms with Crippen molar-refractivity contribution in [3.8, 4) is 0 Å². The zero-order chi connectivity index (χ0) is 21.6. The number of carbonyl (C=O) groups is 2. The molecule has 1 atom stereocenters. The van der Waals surface area contributed by atoms with Crippen LogP contribution < -0.4 is 5.32 Å². The van der Waals surface area contributed by atoms with Gasteiger partial charge in [0.2, 0.25) is 5.91 Å². The number of hydrogen-bond acceptors (Lipinski definition) is 5. The summed E-state index contributed by atoms with van der Waals surface area (Å²) >= 11 is 1.43. The minimum atomic E-state index is -0.405. The first-order chi connectivity index (χ1) is 15.1. The van der Waals surface area contributed by atoms with Crippen LogP contribution in [0, 0.1) is 0 Å². The van der Waals surface area contributed by atoms with Gasteiger partial charge in [-0.1, -0.05) is 25.1 Å². The minimum absolute atomic E-state index is 0.0339. The fourth-order valence-electron chi connectivity index (χ4n) is 4.43. The molecule has 4 rings (SSSR count). The molecule has 2 aromatic rings. The maximum absolute atomic E-state index is 13.0. The van der Waals surface area contributed by atoms with E-state index in [4.69, 9.17) is 0 Å². The third-order valence-corrected chi connectivity index (χ3v) is 7.20. The molecule has 0 radical (unpaired) electrons. The number of thiophene rings is 1. The van der Waals surface area contributed by atoms with E-state index in [1.807, 2.05) is 29.6 Å². The van der Waals surface area contributed by atoms with Gasteiger partial charge in [-0.15, -0.1) is 11.3 Å². The van der Waals surface area contributed by atoms with Crippen molar-refractivity contribution < 1.29 is 9.59 Å².